The van der Waals surface area contributed by atoms with E-state index in [9.17, 15) is 4.79 Å². The third-order valence-electron chi connectivity index (χ3n) is 4.76. The molecule has 6 heteroatoms. The van der Waals surface area contributed by atoms with Gasteiger partial charge in [-0.3, -0.25) is 4.79 Å². The number of hydrogen-bond donors (Lipinski definition) is 1. The summed E-state index contributed by atoms with van der Waals surface area (Å²) < 4.78 is 10.3. The molecule has 1 amide bonds. The number of amides is 1. The third-order valence-corrected chi connectivity index (χ3v) is 4.76. The number of likely N-dealkylation sites (tertiary alicyclic amines) is 1. The second-order valence-electron chi connectivity index (χ2n) is 6.26. The Labute approximate surface area is 124 Å². The maximum Gasteiger partial charge on any atom is 0.276 e. The van der Waals surface area contributed by atoms with E-state index in [1.807, 2.05) is 11.8 Å². The smallest absolute Gasteiger partial charge is 0.276 e. The molecule has 0 bridgehead atoms. The molecular formula is C15H23N3O3. The van der Waals surface area contributed by atoms with Crippen LogP contribution < -0.4 is 5.32 Å². The molecule has 2 aliphatic rings. The number of nitrogens with zero attached hydrogens (tertiary/aromatic N) is 2. The first kappa shape index (κ1) is 14.5. The van der Waals surface area contributed by atoms with Gasteiger partial charge in [-0.1, -0.05) is 5.16 Å². The first-order valence-corrected chi connectivity index (χ1v) is 7.59. The van der Waals surface area contributed by atoms with Crippen molar-refractivity contribution in [1.29, 1.82) is 0 Å². The van der Waals surface area contributed by atoms with Gasteiger partial charge >= 0.3 is 0 Å². The predicted molar refractivity (Wildman–Crippen MR) is 77.0 cm³/mol. The Morgan fingerprint density at radius 1 is 1.52 bits per heavy atom. The van der Waals surface area contributed by atoms with E-state index in [0.717, 1.165) is 44.6 Å². The van der Waals surface area contributed by atoms with Gasteiger partial charge in [0.25, 0.3) is 5.91 Å². The second-order valence-corrected chi connectivity index (χ2v) is 6.26. The number of carbonyl (C=O) groups is 1. The fourth-order valence-corrected chi connectivity index (χ4v) is 3.55. The summed E-state index contributed by atoms with van der Waals surface area (Å²) in [5.41, 5.74) is 1.44. The van der Waals surface area contributed by atoms with Crippen molar-refractivity contribution in [3.63, 3.8) is 0 Å². The quantitative estimate of drug-likeness (QED) is 0.911. The summed E-state index contributed by atoms with van der Waals surface area (Å²) in [6.45, 7) is 5.86. The monoisotopic (exact) mass is 293 g/mol. The van der Waals surface area contributed by atoms with Gasteiger partial charge in [-0.15, -0.1) is 0 Å². The van der Waals surface area contributed by atoms with Crippen LogP contribution >= 0.6 is 0 Å². The van der Waals surface area contributed by atoms with Gasteiger partial charge in [-0.05, 0) is 32.7 Å². The average Bonchev–Trinajstić information content (AvgIpc) is 3.07. The molecule has 21 heavy (non-hydrogen) atoms. The largest absolute Gasteiger partial charge is 0.380 e. The van der Waals surface area contributed by atoms with Gasteiger partial charge in [0.2, 0.25) is 0 Å². The summed E-state index contributed by atoms with van der Waals surface area (Å²) in [5, 5.41) is 7.39. The van der Waals surface area contributed by atoms with Crippen LogP contribution in [-0.4, -0.2) is 49.3 Å². The number of nitrogens with one attached hydrogen (secondary N) is 1. The van der Waals surface area contributed by atoms with Gasteiger partial charge in [0.15, 0.2) is 5.69 Å². The van der Waals surface area contributed by atoms with Gasteiger partial charge in [0.05, 0.1) is 12.2 Å². The van der Waals surface area contributed by atoms with Crippen molar-refractivity contribution in [3.05, 3.63) is 17.0 Å². The van der Waals surface area contributed by atoms with Crippen molar-refractivity contribution in [2.75, 3.05) is 33.3 Å². The average molecular weight is 293 g/mol. The Morgan fingerprint density at radius 2 is 2.38 bits per heavy atom. The standard InChI is InChI=1S/C15H23N3O3/c1-11-12(8-20-2)13(17-21-11)14(19)18-7-3-4-15(10-18)5-6-16-9-15/h16H,3-10H2,1-2H3/t15-/m1/s1. The van der Waals surface area contributed by atoms with E-state index in [-0.39, 0.29) is 11.3 Å². The Bertz CT molecular complexity index is 520. The predicted octanol–water partition coefficient (Wildman–Crippen LogP) is 1.35. The van der Waals surface area contributed by atoms with Gasteiger partial charge in [0.1, 0.15) is 5.76 Å². The number of rotatable bonds is 3. The Morgan fingerprint density at radius 3 is 3.10 bits per heavy atom. The minimum Gasteiger partial charge on any atom is -0.380 e. The zero-order valence-corrected chi connectivity index (χ0v) is 12.8. The van der Waals surface area contributed by atoms with E-state index in [4.69, 9.17) is 9.26 Å². The lowest BCUT2D eigenvalue weighted by atomic mass is 9.79. The molecule has 3 heterocycles. The molecule has 2 saturated heterocycles. The summed E-state index contributed by atoms with van der Waals surface area (Å²) in [4.78, 5) is 14.7. The number of piperidine rings is 1. The molecule has 0 aliphatic carbocycles. The molecule has 1 N–H and O–H groups in total. The van der Waals surface area contributed by atoms with Gasteiger partial charge in [-0.2, -0.15) is 0 Å². The molecule has 0 saturated carbocycles. The van der Waals surface area contributed by atoms with E-state index in [1.165, 1.54) is 6.42 Å². The lowest BCUT2D eigenvalue weighted by molar-refractivity contribution is 0.0540. The zero-order chi connectivity index (χ0) is 14.9. The molecule has 1 aromatic rings. The van der Waals surface area contributed by atoms with Crippen molar-refractivity contribution in [1.82, 2.24) is 15.4 Å². The van der Waals surface area contributed by atoms with E-state index in [2.05, 4.69) is 10.5 Å². The minimum atomic E-state index is -0.0233. The fraction of sp³-hybridized carbons (Fsp3) is 0.733. The molecule has 0 unspecified atom stereocenters. The van der Waals surface area contributed by atoms with Crippen LogP contribution in [-0.2, 0) is 11.3 Å². The van der Waals surface area contributed by atoms with E-state index in [0.29, 0.717) is 18.1 Å². The van der Waals surface area contributed by atoms with Crippen molar-refractivity contribution in [3.8, 4) is 0 Å². The highest BCUT2D eigenvalue weighted by Crippen LogP contribution is 2.36. The lowest BCUT2D eigenvalue weighted by Crippen LogP contribution is -2.47. The maximum absolute atomic E-state index is 12.8. The summed E-state index contributed by atoms with van der Waals surface area (Å²) in [5.74, 6) is 0.638. The number of aromatic nitrogens is 1. The molecule has 0 aromatic carbocycles. The lowest BCUT2D eigenvalue weighted by Gasteiger charge is -2.39. The van der Waals surface area contributed by atoms with E-state index in [1.54, 1.807) is 7.11 Å². The zero-order valence-electron chi connectivity index (χ0n) is 12.8. The van der Waals surface area contributed by atoms with Crippen molar-refractivity contribution in [2.45, 2.75) is 32.8 Å². The molecule has 2 fully saturated rings. The molecule has 116 valence electrons. The SMILES string of the molecule is COCc1c(C(=O)N2CCC[C@]3(CCNC3)C2)noc1C. The van der Waals surface area contributed by atoms with Crippen LogP contribution in [0.15, 0.2) is 4.52 Å². The van der Waals surface area contributed by atoms with Crippen LogP contribution in [0.5, 0.6) is 0 Å². The van der Waals surface area contributed by atoms with E-state index >= 15 is 0 Å². The van der Waals surface area contributed by atoms with Gasteiger partial charge in [0, 0.05) is 32.2 Å². The first-order chi connectivity index (χ1) is 10.2. The third kappa shape index (κ3) is 2.70. The van der Waals surface area contributed by atoms with Crippen LogP contribution in [0.1, 0.15) is 41.1 Å². The van der Waals surface area contributed by atoms with Crippen molar-refractivity contribution >= 4 is 5.91 Å². The van der Waals surface area contributed by atoms with Crippen LogP contribution in [0, 0.1) is 12.3 Å². The number of ether oxygens (including phenoxy) is 1. The summed E-state index contributed by atoms with van der Waals surface area (Å²) in [7, 11) is 1.61. The molecule has 3 rings (SSSR count). The number of methoxy groups -OCH3 is 1. The second kappa shape index (κ2) is 5.77. The highest BCUT2D eigenvalue weighted by Gasteiger charge is 2.40. The van der Waals surface area contributed by atoms with Gasteiger partial charge < -0.3 is 19.5 Å². The number of aryl methyl sites for hydroxylation is 1. The molecule has 1 spiro atoms. The summed E-state index contributed by atoms with van der Waals surface area (Å²) in [6.07, 6.45) is 3.41. The fourth-order valence-electron chi connectivity index (χ4n) is 3.55. The normalized spacial score (nSPS) is 25.7. The minimum absolute atomic E-state index is 0.0233. The summed E-state index contributed by atoms with van der Waals surface area (Å²) >= 11 is 0. The Kier molecular flexibility index (Phi) is 3.99. The maximum atomic E-state index is 12.8. The summed E-state index contributed by atoms with van der Waals surface area (Å²) in [6, 6.07) is 0. The van der Waals surface area contributed by atoms with Crippen LogP contribution in [0.3, 0.4) is 0 Å². The molecule has 1 aromatic heterocycles. The molecular weight excluding hydrogens is 270 g/mol. The first-order valence-electron chi connectivity index (χ1n) is 7.59. The van der Waals surface area contributed by atoms with Gasteiger partial charge in [-0.25, -0.2) is 0 Å². The molecule has 1 atom stereocenters. The Hall–Kier alpha value is -1.40. The molecule has 6 nitrogen and oxygen atoms in total. The highest BCUT2D eigenvalue weighted by molar-refractivity contribution is 5.93. The number of hydrogen-bond acceptors (Lipinski definition) is 5. The van der Waals surface area contributed by atoms with Crippen LogP contribution in [0.4, 0.5) is 0 Å². The molecule has 0 radical (unpaired) electrons. The Balaban J connectivity index is 1.78. The van der Waals surface area contributed by atoms with E-state index < -0.39 is 0 Å². The van der Waals surface area contributed by atoms with Crippen molar-refractivity contribution in [2.24, 2.45) is 5.41 Å². The van der Waals surface area contributed by atoms with Crippen LogP contribution in [0.2, 0.25) is 0 Å². The van der Waals surface area contributed by atoms with Crippen molar-refractivity contribution < 1.29 is 14.1 Å². The van der Waals surface area contributed by atoms with Crippen LogP contribution in [0.25, 0.3) is 0 Å². The molecule has 2 aliphatic heterocycles. The topological polar surface area (TPSA) is 67.6 Å². The highest BCUT2D eigenvalue weighted by atomic mass is 16.5. The number of carbonyl (C=O) groups excluding carboxylic acids is 1.